The van der Waals surface area contributed by atoms with E-state index >= 15 is 0 Å². The van der Waals surface area contributed by atoms with Crippen LogP contribution in [0.1, 0.15) is 38.2 Å². The van der Waals surface area contributed by atoms with E-state index in [1.54, 1.807) is 24.3 Å². The first-order valence-electron chi connectivity index (χ1n) is 6.44. The van der Waals surface area contributed by atoms with Gasteiger partial charge in [-0.05, 0) is 25.5 Å². The molecule has 0 heterocycles. The summed E-state index contributed by atoms with van der Waals surface area (Å²) in [5.41, 5.74) is 1.01. The molecule has 0 aromatic heterocycles. The van der Waals surface area contributed by atoms with Crippen LogP contribution in [0, 0.1) is 6.92 Å². The Kier molecular flexibility index (Phi) is 6.02. The molecule has 106 valence electrons. The van der Waals surface area contributed by atoms with Gasteiger partial charge in [0.2, 0.25) is 0 Å². The second-order valence-corrected chi connectivity index (χ2v) is 6.04. The standard InChI is InChI=1S/C14H21NO3S/c1-4-5-6-7-14(18-3)15-19(16,17)13-10-8-12(2)9-11-13/h8-11H,4-7H2,1-3H3/b15-14+. The Morgan fingerprint density at radius 3 is 2.37 bits per heavy atom. The molecule has 19 heavy (non-hydrogen) atoms. The fraction of sp³-hybridized carbons (Fsp3) is 0.500. The van der Waals surface area contributed by atoms with E-state index in [4.69, 9.17) is 4.74 Å². The van der Waals surface area contributed by atoms with Crippen LogP contribution in [0.5, 0.6) is 0 Å². The maximum absolute atomic E-state index is 12.1. The van der Waals surface area contributed by atoms with E-state index in [-0.39, 0.29) is 10.8 Å². The summed E-state index contributed by atoms with van der Waals surface area (Å²) in [5, 5.41) is 0. The molecule has 1 aromatic rings. The van der Waals surface area contributed by atoms with Gasteiger partial charge in [0, 0.05) is 6.42 Å². The van der Waals surface area contributed by atoms with Gasteiger partial charge in [-0.2, -0.15) is 8.42 Å². The monoisotopic (exact) mass is 283 g/mol. The first-order chi connectivity index (χ1) is 8.99. The number of aryl methyl sites for hydroxylation is 1. The second-order valence-electron chi connectivity index (χ2n) is 4.43. The number of unbranched alkanes of at least 4 members (excludes halogenated alkanes) is 2. The highest BCUT2D eigenvalue weighted by atomic mass is 32.2. The van der Waals surface area contributed by atoms with Gasteiger partial charge in [-0.25, -0.2) is 0 Å². The Morgan fingerprint density at radius 1 is 1.21 bits per heavy atom. The van der Waals surface area contributed by atoms with Gasteiger partial charge in [-0.3, -0.25) is 0 Å². The van der Waals surface area contributed by atoms with Crippen LogP contribution in [-0.4, -0.2) is 21.4 Å². The highest BCUT2D eigenvalue weighted by molar-refractivity contribution is 7.90. The zero-order chi connectivity index (χ0) is 14.3. The Labute approximate surface area is 115 Å². The van der Waals surface area contributed by atoms with Crippen LogP contribution < -0.4 is 0 Å². The largest absolute Gasteiger partial charge is 0.484 e. The first kappa shape index (κ1) is 15.7. The smallest absolute Gasteiger partial charge is 0.285 e. The first-order valence-corrected chi connectivity index (χ1v) is 7.88. The minimum atomic E-state index is -3.66. The summed E-state index contributed by atoms with van der Waals surface area (Å²) in [4.78, 5) is 0.197. The molecule has 5 heteroatoms. The predicted octanol–water partition coefficient (Wildman–Crippen LogP) is 3.31. The van der Waals surface area contributed by atoms with Gasteiger partial charge in [0.05, 0.1) is 12.0 Å². The molecule has 0 atom stereocenters. The van der Waals surface area contributed by atoms with Crippen LogP contribution >= 0.6 is 0 Å². The number of ether oxygens (including phenoxy) is 1. The van der Waals surface area contributed by atoms with Crippen molar-refractivity contribution in [2.24, 2.45) is 4.40 Å². The highest BCUT2D eigenvalue weighted by Gasteiger charge is 2.14. The van der Waals surface area contributed by atoms with Crippen molar-refractivity contribution in [3.63, 3.8) is 0 Å². The highest BCUT2D eigenvalue weighted by Crippen LogP contribution is 2.14. The maximum atomic E-state index is 12.1. The van der Waals surface area contributed by atoms with Crippen molar-refractivity contribution in [3.05, 3.63) is 29.8 Å². The number of sulfonamides is 1. The SMILES string of the molecule is CCCCC/C(=N\S(=O)(=O)c1ccc(C)cc1)OC. The number of nitrogens with zero attached hydrogens (tertiary/aromatic N) is 1. The Bertz CT molecular complexity index is 518. The third-order valence-electron chi connectivity index (χ3n) is 2.77. The molecular weight excluding hydrogens is 262 g/mol. The predicted molar refractivity (Wildman–Crippen MR) is 77.0 cm³/mol. The molecule has 0 unspecified atom stereocenters. The van der Waals surface area contributed by atoms with Crippen LogP contribution in [0.4, 0.5) is 0 Å². The molecule has 4 nitrogen and oxygen atoms in total. The van der Waals surface area contributed by atoms with E-state index in [0.29, 0.717) is 6.42 Å². The summed E-state index contributed by atoms with van der Waals surface area (Å²) in [6.07, 6.45) is 3.54. The van der Waals surface area contributed by atoms with E-state index in [1.165, 1.54) is 7.11 Å². The Balaban J connectivity index is 2.89. The molecule has 0 aliphatic heterocycles. The van der Waals surface area contributed by atoms with Gasteiger partial charge in [-0.15, -0.1) is 4.40 Å². The van der Waals surface area contributed by atoms with Crippen molar-refractivity contribution in [2.45, 2.75) is 44.4 Å². The fourth-order valence-corrected chi connectivity index (χ4v) is 2.63. The van der Waals surface area contributed by atoms with Gasteiger partial charge in [0.1, 0.15) is 0 Å². The lowest BCUT2D eigenvalue weighted by Gasteiger charge is -2.05. The number of hydrogen-bond donors (Lipinski definition) is 0. The summed E-state index contributed by atoms with van der Waals surface area (Å²) in [6.45, 7) is 4.00. The van der Waals surface area contributed by atoms with E-state index in [1.807, 2.05) is 6.92 Å². The lowest BCUT2D eigenvalue weighted by atomic mass is 10.2. The maximum Gasteiger partial charge on any atom is 0.285 e. The van der Waals surface area contributed by atoms with Crippen LogP contribution in [-0.2, 0) is 14.8 Å². The third kappa shape index (κ3) is 5.03. The van der Waals surface area contributed by atoms with Gasteiger partial charge >= 0.3 is 0 Å². The molecule has 0 spiro atoms. The molecule has 1 rings (SSSR count). The zero-order valence-corrected chi connectivity index (χ0v) is 12.5. The van der Waals surface area contributed by atoms with Crippen LogP contribution in [0.15, 0.2) is 33.6 Å². The van der Waals surface area contributed by atoms with Crippen molar-refractivity contribution < 1.29 is 13.2 Å². The molecule has 0 bridgehead atoms. The molecule has 0 amide bonds. The minimum absolute atomic E-state index is 0.197. The molecule has 0 aliphatic carbocycles. The minimum Gasteiger partial charge on any atom is -0.484 e. The number of benzene rings is 1. The third-order valence-corrected chi connectivity index (χ3v) is 4.08. The molecule has 0 aliphatic rings. The zero-order valence-electron chi connectivity index (χ0n) is 11.7. The lowest BCUT2D eigenvalue weighted by molar-refractivity contribution is 0.388. The fourth-order valence-electron chi connectivity index (χ4n) is 1.61. The van der Waals surface area contributed by atoms with E-state index < -0.39 is 10.0 Å². The summed E-state index contributed by atoms with van der Waals surface area (Å²) in [5.74, 6) is 0.272. The van der Waals surface area contributed by atoms with Gasteiger partial charge < -0.3 is 4.74 Å². The molecule has 0 saturated heterocycles. The van der Waals surface area contributed by atoms with Crippen molar-refractivity contribution in [1.82, 2.24) is 0 Å². The topological polar surface area (TPSA) is 55.7 Å². The number of methoxy groups -OCH3 is 1. The van der Waals surface area contributed by atoms with Crippen molar-refractivity contribution in [3.8, 4) is 0 Å². The van der Waals surface area contributed by atoms with E-state index in [9.17, 15) is 8.42 Å². The van der Waals surface area contributed by atoms with Crippen LogP contribution in [0.3, 0.4) is 0 Å². The molecular formula is C14H21NO3S. The Hall–Kier alpha value is -1.36. The summed E-state index contributed by atoms with van der Waals surface area (Å²) in [7, 11) is -2.21. The molecule has 0 radical (unpaired) electrons. The van der Waals surface area contributed by atoms with E-state index in [0.717, 1.165) is 24.8 Å². The summed E-state index contributed by atoms with van der Waals surface area (Å²) in [6, 6.07) is 6.64. The lowest BCUT2D eigenvalue weighted by Crippen LogP contribution is -2.07. The summed E-state index contributed by atoms with van der Waals surface area (Å²) < 4.78 is 33.0. The van der Waals surface area contributed by atoms with Crippen LogP contribution in [0.2, 0.25) is 0 Å². The van der Waals surface area contributed by atoms with Crippen molar-refractivity contribution >= 4 is 15.9 Å². The molecule has 0 N–H and O–H groups in total. The average Bonchev–Trinajstić information content (AvgIpc) is 2.38. The Morgan fingerprint density at radius 2 is 1.84 bits per heavy atom. The second kappa shape index (κ2) is 7.28. The molecule has 0 fully saturated rings. The quantitative estimate of drug-likeness (QED) is 0.457. The summed E-state index contributed by atoms with van der Waals surface area (Å²) >= 11 is 0. The van der Waals surface area contributed by atoms with Crippen LogP contribution in [0.25, 0.3) is 0 Å². The number of hydrogen-bond acceptors (Lipinski definition) is 3. The number of rotatable bonds is 6. The molecule has 0 saturated carbocycles. The normalized spacial score (nSPS) is 12.5. The van der Waals surface area contributed by atoms with Gasteiger partial charge in [0.25, 0.3) is 10.0 Å². The van der Waals surface area contributed by atoms with Crippen molar-refractivity contribution in [1.29, 1.82) is 0 Å². The van der Waals surface area contributed by atoms with E-state index in [2.05, 4.69) is 11.3 Å². The van der Waals surface area contributed by atoms with Gasteiger partial charge in [0.15, 0.2) is 5.90 Å². The van der Waals surface area contributed by atoms with Gasteiger partial charge in [-0.1, -0.05) is 37.5 Å². The average molecular weight is 283 g/mol. The van der Waals surface area contributed by atoms with Crippen molar-refractivity contribution in [2.75, 3.05) is 7.11 Å². The molecule has 1 aromatic carbocycles.